The van der Waals surface area contributed by atoms with E-state index in [2.05, 4.69) is 11.1 Å². The Kier molecular flexibility index (Phi) is 4.54. The molecule has 3 aliphatic carbocycles. The van der Waals surface area contributed by atoms with Crippen LogP contribution in [0.4, 0.5) is 0 Å². The number of fused-ring (bicyclic) bond motifs is 5. The fourth-order valence-electron chi connectivity index (χ4n) is 5.83. The first-order valence-electron chi connectivity index (χ1n) is 9.64. The summed E-state index contributed by atoms with van der Waals surface area (Å²) in [6.45, 7) is 3.38. The molecule has 0 saturated heterocycles. The van der Waals surface area contributed by atoms with Crippen molar-refractivity contribution in [1.29, 1.82) is 0 Å². The summed E-state index contributed by atoms with van der Waals surface area (Å²) in [5, 5.41) is 0. The number of ketones is 1. The molecule has 8 heteroatoms. The van der Waals surface area contributed by atoms with Crippen LogP contribution in [0.15, 0.2) is 12.1 Å². The molecule has 4 rings (SSSR count). The molecule has 3 aliphatic rings. The van der Waals surface area contributed by atoms with E-state index in [9.17, 15) is 18.0 Å². The third-order valence-electron chi connectivity index (χ3n) is 6.92. The molecule has 7 nitrogen and oxygen atoms in total. The molecule has 2 saturated carbocycles. The lowest BCUT2D eigenvalue weighted by Gasteiger charge is -2.48. The van der Waals surface area contributed by atoms with E-state index in [0.717, 1.165) is 36.8 Å². The van der Waals surface area contributed by atoms with Crippen molar-refractivity contribution in [2.45, 2.75) is 58.3 Å². The molecule has 28 heavy (non-hydrogen) atoms. The lowest BCUT2D eigenvalue weighted by molar-refractivity contribution is -0.132. The minimum absolute atomic E-state index is 0.0763. The SMILES string of the molecule is CC(=O)Oc1cc(OS(=O)(=O)O)cc2c1[C@H]1CC[C@]3(C)C(=O)CC[C@H]3[C@@H]1CC2. The highest BCUT2D eigenvalue weighted by Crippen LogP contribution is 2.60. The van der Waals surface area contributed by atoms with Gasteiger partial charge in [0.1, 0.15) is 17.3 Å². The first-order chi connectivity index (χ1) is 13.1. The van der Waals surface area contributed by atoms with E-state index in [0.29, 0.717) is 30.5 Å². The average molecular weight is 408 g/mol. The van der Waals surface area contributed by atoms with Crippen LogP contribution in [-0.4, -0.2) is 24.7 Å². The molecule has 2 fully saturated rings. The third kappa shape index (κ3) is 3.22. The Morgan fingerprint density at radius 2 is 1.96 bits per heavy atom. The van der Waals surface area contributed by atoms with Crippen molar-refractivity contribution in [3.63, 3.8) is 0 Å². The van der Waals surface area contributed by atoms with Crippen molar-refractivity contribution in [2.75, 3.05) is 0 Å². The second-order valence-electron chi connectivity index (χ2n) is 8.43. The Morgan fingerprint density at radius 1 is 1.21 bits per heavy atom. The van der Waals surface area contributed by atoms with Crippen LogP contribution >= 0.6 is 0 Å². The summed E-state index contributed by atoms with van der Waals surface area (Å²) in [4.78, 5) is 24.1. The van der Waals surface area contributed by atoms with E-state index in [4.69, 9.17) is 9.29 Å². The number of benzene rings is 1. The summed E-state index contributed by atoms with van der Waals surface area (Å²) in [5.41, 5.74) is 1.52. The largest absolute Gasteiger partial charge is 0.446 e. The van der Waals surface area contributed by atoms with Gasteiger partial charge in [-0.1, -0.05) is 6.92 Å². The first kappa shape index (κ1) is 19.4. The van der Waals surface area contributed by atoms with E-state index in [-0.39, 0.29) is 22.8 Å². The molecule has 1 aromatic carbocycles. The molecule has 0 radical (unpaired) electrons. The number of ether oxygens (including phenoxy) is 1. The van der Waals surface area contributed by atoms with E-state index >= 15 is 0 Å². The molecule has 1 N–H and O–H groups in total. The molecule has 152 valence electrons. The number of esters is 1. The van der Waals surface area contributed by atoms with Crippen molar-refractivity contribution in [1.82, 2.24) is 0 Å². The molecule has 0 unspecified atom stereocenters. The Morgan fingerprint density at radius 3 is 2.64 bits per heavy atom. The first-order valence-corrected chi connectivity index (χ1v) is 11.0. The second-order valence-corrected chi connectivity index (χ2v) is 9.45. The molecule has 0 amide bonds. The highest BCUT2D eigenvalue weighted by Gasteiger charge is 2.55. The zero-order valence-electron chi connectivity index (χ0n) is 15.9. The monoisotopic (exact) mass is 408 g/mol. The summed E-state index contributed by atoms with van der Waals surface area (Å²) in [7, 11) is -4.68. The van der Waals surface area contributed by atoms with Gasteiger partial charge in [-0.25, -0.2) is 0 Å². The standard InChI is InChI=1S/C20H24O7S/c1-11(21)26-17-10-13(27-28(23,24)25)9-12-3-4-14-15(19(12)17)7-8-20(2)16(14)5-6-18(20)22/h9-10,14-16H,3-8H2,1-2H3,(H,23,24,25)/t14-,15+,16+,20+/m1/s1. The van der Waals surface area contributed by atoms with Gasteiger partial charge >= 0.3 is 16.4 Å². The number of carbonyl (C=O) groups is 2. The van der Waals surface area contributed by atoms with E-state index in [1.54, 1.807) is 6.07 Å². The van der Waals surface area contributed by atoms with E-state index in [1.807, 2.05) is 0 Å². The minimum atomic E-state index is -4.68. The van der Waals surface area contributed by atoms with Crippen LogP contribution in [0.2, 0.25) is 0 Å². The maximum atomic E-state index is 12.5. The van der Waals surface area contributed by atoms with Gasteiger partial charge in [-0.15, -0.1) is 0 Å². The maximum absolute atomic E-state index is 12.5. The number of Topliss-reactive ketones (excluding diaryl/α,β-unsaturated/α-hetero) is 1. The molecule has 1 aromatic rings. The van der Waals surface area contributed by atoms with Crippen molar-refractivity contribution in [3.8, 4) is 11.5 Å². The van der Waals surface area contributed by atoms with Gasteiger partial charge in [0.15, 0.2) is 0 Å². The molecular weight excluding hydrogens is 384 g/mol. The number of aryl methyl sites for hydroxylation is 1. The van der Waals surface area contributed by atoms with Gasteiger partial charge in [0.05, 0.1) is 0 Å². The van der Waals surface area contributed by atoms with Crippen LogP contribution in [0.25, 0.3) is 0 Å². The van der Waals surface area contributed by atoms with Crippen LogP contribution < -0.4 is 8.92 Å². The molecular formula is C20H24O7S. The van der Waals surface area contributed by atoms with Crippen LogP contribution in [0.3, 0.4) is 0 Å². The molecule has 0 heterocycles. The molecule has 0 aromatic heterocycles. The van der Waals surface area contributed by atoms with Gasteiger partial charge in [-0.3, -0.25) is 14.1 Å². The highest BCUT2D eigenvalue weighted by atomic mass is 32.3. The summed E-state index contributed by atoms with van der Waals surface area (Å²) >= 11 is 0. The van der Waals surface area contributed by atoms with E-state index < -0.39 is 16.4 Å². The summed E-state index contributed by atoms with van der Waals surface area (Å²) in [5.74, 6) is 0.871. The average Bonchev–Trinajstić information content (AvgIpc) is 2.87. The summed E-state index contributed by atoms with van der Waals surface area (Å²) < 4.78 is 41.3. The molecule has 0 aliphatic heterocycles. The summed E-state index contributed by atoms with van der Waals surface area (Å²) in [6.07, 6.45) is 4.73. The lowest BCUT2D eigenvalue weighted by atomic mass is 9.55. The zero-order chi connectivity index (χ0) is 20.3. The Labute approximate surface area is 164 Å². The van der Waals surface area contributed by atoms with Crippen LogP contribution in [-0.2, 0) is 26.4 Å². The molecule has 4 atom stereocenters. The highest BCUT2D eigenvalue weighted by molar-refractivity contribution is 7.81. The predicted molar refractivity (Wildman–Crippen MR) is 99.6 cm³/mol. The number of hydrogen-bond donors (Lipinski definition) is 1. The van der Waals surface area contributed by atoms with Gasteiger partial charge in [0.25, 0.3) is 0 Å². The zero-order valence-corrected chi connectivity index (χ0v) is 16.8. The minimum Gasteiger partial charge on any atom is -0.426 e. The summed E-state index contributed by atoms with van der Waals surface area (Å²) in [6, 6.07) is 2.95. The fourth-order valence-corrected chi connectivity index (χ4v) is 6.17. The predicted octanol–water partition coefficient (Wildman–Crippen LogP) is 3.22. The number of hydrogen-bond acceptors (Lipinski definition) is 6. The Balaban J connectivity index is 1.76. The van der Waals surface area contributed by atoms with Gasteiger partial charge in [0.2, 0.25) is 0 Å². The smallest absolute Gasteiger partial charge is 0.426 e. The molecule has 0 bridgehead atoms. The number of carbonyl (C=O) groups excluding carboxylic acids is 2. The van der Waals surface area contributed by atoms with Gasteiger partial charge in [0, 0.05) is 30.4 Å². The van der Waals surface area contributed by atoms with Crippen LogP contribution in [0.1, 0.15) is 63.0 Å². The van der Waals surface area contributed by atoms with E-state index in [1.165, 1.54) is 13.0 Å². The van der Waals surface area contributed by atoms with Crippen molar-refractivity contribution < 1.29 is 31.5 Å². The molecule has 0 spiro atoms. The Bertz CT molecular complexity index is 952. The van der Waals surface area contributed by atoms with Gasteiger partial charge < -0.3 is 8.92 Å². The normalized spacial score (nSPS) is 31.5. The second kappa shape index (κ2) is 6.56. The topological polar surface area (TPSA) is 107 Å². The number of rotatable bonds is 3. The third-order valence-corrected chi connectivity index (χ3v) is 7.32. The quantitative estimate of drug-likeness (QED) is 0.465. The lowest BCUT2D eigenvalue weighted by Crippen LogP contribution is -2.42. The van der Waals surface area contributed by atoms with Gasteiger partial charge in [-0.2, -0.15) is 8.42 Å². The maximum Gasteiger partial charge on any atom is 0.446 e. The van der Waals surface area contributed by atoms with Crippen molar-refractivity contribution in [3.05, 3.63) is 23.3 Å². The Hall–Kier alpha value is -1.93. The van der Waals surface area contributed by atoms with Crippen molar-refractivity contribution in [2.24, 2.45) is 17.3 Å². The fraction of sp³-hybridized carbons (Fsp3) is 0.600. The van der Waals surface area contributed by atoms with Crippen LogP contribution in [0, 0.1) is 17.3 Å². The van der Waals surface area contributed by atoms with Gasteiger partial charge in [-0.05, 0) is 61.5 Å². The van der Waals surface area contributed by atoms with Crippen molar-refractivity contribution >= 4 is 22.2 Å². The van der Waals surface area contributed by atoms with Crippen LogP contribution in [0.5, 0.6) is 11.5 Å².